The summed E-state index contributed by atoms with van der Waals surface area (Å²) in [5.41, 5.74) is 7.98. The van der Waals surface area contributed by atoms with Crippen molar-refractivity contribution in [1.29, 1.82) is 0 Å². The van der Waals surface area contributed by atoms with Crippen molar-refractivity contribution in [3.05, 3.63) is 99.3 Å². The van der Waals surface area contributed by atoms with Crippen LogP contribution in [0, 0.1) is 5.82 Å². The van der Waals surface area contributed by atoms with Gasteiger partial charge in [-0.2, -0.15) is 22.0 Å². The summed E-state index contributed by atoms with van der Waals surface area (Å²) < 4.78 is 38.5. The van der Waals surface area contributed by atoms with E-state index in [0.717, 1.165) is 79.6 Å². The fraction of sp³-hybridized carbons (Fsp3) is 0.390. The molecule has 6 aromatic rings. The Bertz CT molecular complexity index is 2340. The number of carbonyl (C=O) groups excluding carboxylic acids is 1. The Morgan fingerprint density at radius 1 is 1.02 bits per heavy atom. The van der Waals surface area contributed by atoms with Crippen LogP contribution in [0.3, 0.4) is 0 Å². The predicted molar refractivity (Wildman–Crippen MR) is 220 cm³/mol. The van der Waals surface area contributed by atoms with E-state index in [9.17, 15) is 9.18 Å². The third kappa shape index (κ3) is 8.03. The van der Waals surface area contributed by atoms with Gasteiger partial charge >= 0.3 is 5.97 Å². The summed E-state index contributed by atoms with van der Waals surface area (Å²) in [6.07, 6.45) is 11.3. The van der Waals surface area contributed by atoms with E-state index < -0.39 is 16.0 Å². The van der Waals surface area contributed by atoms with Gasteiger partial charge in [-0.3, -0.25) is 9.36 Å². The minimum atomic E-state index is -0.791. The second kappa shape index (κ2) is 16.0. The Morgan fingerprint density at radius 3 is 2.63 bits per heavy atom. The first-order valence-electron chi connectivity index (χ1n) is 18.0. The lowest BCUT2D eigenvalue weighted by atomic mass is 10.0. The summed E-state index contributed by atoms with van der Waals surface area (Å²) in [4.78, 5) is 13.8. The van der Waals surface area contributed by atoms with Gasteiger partial charge in [-0.1, -0.05) is 23.7 Å². The summed E-state index contributed by atoms with van der Waals surface area (Å²) in [5.74, 6) is 2.30. The number of hydrogen-bond donors (Lipinski definition) is 0. The van der Waals surface area contributed by atoms with Crippen LogP contribution in [0.1, 0.15) is 45.0 Å². The molecule has 54 heavy (non-hydrogen) atoms. The maximum absolute atomic E-state index is 14.4. The number of thioether (sulfide) groups is 1. The topological polar surface area (TPSA) is 85.3 Å². The molecular formula is C41H47ClFN5O4S2. The Hall–Kier alpha value is -3.97. The molecule has 7 rings (SSSR count). The molecule has 0 amide bonds. The summed E-state index contributed by atoms with van der Waals surface area (Å²) in [7, 11) is 4.52. The van der Waals surface area contributed by atoms with Crippen molar-refractivity contribution in [3.63, 3.8) is 0 Å². The summed E-state index contributed by atoms with van der Waals surface area (Å²) in [5, 5.41) is 12.6. The predicted octanol–water partition coefficient (Wildman–Crippen LogP) is 8.72. The van der Waals surface area contributed by atoms with Gasteiger partial charge in [-0.15, -0.1) is 0 Å². The van der Waals surface area contributed by atoms with E-state index in [1.165, 1.54) is 13.2 Å². The Labute approximate surface area is 326 Å². The van der Waals surface area contributed by atoms with E-state index in [4.69, 9.17) is 36.0 Å². The van der Waals surface area contributed by atoms with Gasteiger partial charge in [0.1, 0.15) is 24.0 Å². The van der Waals surface area contributed by atoms with Gasteiger partial charge < -0.3 is 18.8 Å². The highest BCUT2D eigenvalue weighted by atomic mass is 35.5. The molecule has 0 N–H and O–H groups in total. The number of fused-ring (bicyclic) bond motifs is 8. The van der Waals surface area contributed by atoms with E-state index >= 15 is 0 Å². The Morgan fingerprint density at radius 2 is 1.83 bits per heavy atom. The second-order valence-corrected chi connectivity index (χ2v) is 20.7. The molecule has 8 bridgehead atoms. The normalized spacial score (nSPS) is 14.5. The Balaban J connectivity index is 1.36. The molecule has 0 radical (unpaired) electrons. The van der Waals surface area contributed by atoms with Gasteiger partial charge in [0.25, 0.3) is 0 Å². The van der Waals surface area contributed by atoms with Crippen LogP contribution in [-0.4, -0.2) is 74.9 Å². The molecule has 4 heterocycles. The molecule has 0 atom stereocenters. The molecule has 0 aliphatic carbocycles. The largest absolute Gasteiger partial charge is 0.493 e. The molecule has 0 unspecified atom stereocenters. The van der Waals surface area contributed by atoms with Crippen LogP contribution in [0.4, 0.5) is 4.39 Å². The molecule has 0 spiro atoms. The summed E-state index contributed by atoms with van der Waals surface area (Å²) >= 11 is 8.92. The number of ether oxygens (including phenoxy) is 3. The average Bonchev–Trinajstić information content (AvgIpc) is 3.78. The third-order valence-corrected chi connectivity index (χ3v) is 12.7. The minimum absolute atomic E-state index is 0.152. The molecule has 13 heteroatoms. The van der Waals surface area contributed by atoms with Gasteiger partial charge in [0.05, 0.1) is 48.4 Å². The number of aryl methyl sites for hydroxylation is 5. The van der Waals surface area contributed by atoms with Crippen molar-refractivity contribution in [2.75, 3.05) is 44.8 Å². The smallest absolute Gasteiger partial charge is 0.355 e. The van der Waals surface area contributed by atoms with Crippen molar-refractivity contribution in [1.82, 2.24) is 24.1 Å². The maximum atomic E-state index is 14.4. The second-order valence-electron chi connectivity index (χ2n) is 14.7. The fourth-order valence-electron chi connectivity index (χ4n) is 7.28. The van der Waals surface area contributed by atoms with E-state index in [-0.39, 0.29) is 12.5 Å². The number of nitrogens with zero attached hydrogens (tertiary/aromatic N) is 5. The van der Waals surface area contributed by atoms with Gasteiger partial charge in [0, 0.05) is 58.9 Å². The van der Waals surface area contributed by atoms with Crippen LogP contribution in [0.2, 0.25) is 5.02 Å². The zero-order valence-corrected chi connectivity index (χ0v) is 34.1. The molecule has 1 aliphatic heterocycles. The quantitative estimate of drug-likeness (QED) is 0.123. The minimum Gasteiger partial charge on any atom is -0.493 e. The van der Waals surface area contributed by atoms with Gasteiger partial charge in [0.2, 0.25) is 0 Å². The molecule has 286 valence electrons. The average molecular weight is 792 g/mol. The van der Waals surface area contributed by atoms with Crippen LogP contribution in [-0.2, 0) is 61.1 Å². The molecule has 3 aromatic carbocycles. The van der Waals surface area contributed by atoms with Crippen molar-refractivity contribution < 1.29 is 23.4 Å². The molecule has 0 saturated carbocycles. The first-order chi connectivity index (χ1) is 25.9. The molecule has 1 aliphatic rings. The number of esters is 1. The van der Waals surface area contributed by atoms with E-state index in [1.807, 2.05) is 52.4 Å². The molecule has 9 nitrogen and oxygen atoms in total. The molecule has 3 aromatic heterocycles. The monoisotopic (exact) mass is 791 g/mol. The lowest BCUT2D eigenvalue weighted by Gasteiger charge is -2.25. The maximum Gasteiger partial charge on any atom is 0.355 e. The zero-order valence-electron chi connectivity index (χ0n) is 31.7. The summed E-state index contributed by atoms with van der Waals surface area (Å²) in [6.45, 7) is 1.08. The lowest BCUT2D eigenvalue weighted by molar-refractivity contribution is 0.0546. The lowest BCUT2D eigenvalue weighted by Crippen LogP contribution is -2.17. The molecule has 0 fully saturated rings. The first-order valence-corrected chi connectivity index (χ1v) is 22.6. The number of aromatic nitrogens is 5. The van der Waals surface area contributed by atoms with Crippen molar-refractivity contribution >= 4 is 61.0 Å². The van der Waals surface area contributed by atoms with Gasteiger partial charge in [-0.25, -0.2) is 19.2 Å². The number of benzene rings is 3. The highest BCUT2D eigenvalue weighted by molar-refractivity contribution is 8.32. The van der Waals surface area contributed by atoms with E-state index in [0.29, 0.717) is 54.0 Å². The van der Waals surface area contributed by atoms with Crippen LogP contribution in [0.15, 0.2) is 54.7 Å². The Kier molecular flexibility index (Phi) is 11.4. The number of hydrogen-bond acceptors (Lipinski definition) is 7. The van der Waals surface area contributed by atoms with Crippen LogP contribution in [0.5, 0.6) is 5.75 Å². The first kappa shape index (κ1) is 38.3. The van der Waals surface area contributed by atoms with Crippen LogP contribution in [0.25, 0.3) is 32.9 Å². The third-order valence-electron chi connectivity index (χ3n) is 9.94. The van der Waals surface area contributed by atoms with Crippen molar-refractivity contribution in [2.24, 2.45) is 14.1 Å². The van der Waals surface area contributed by atoms with Gasteiger partial charge in [0.15, 0.2) is 0 Å². The van der Waals surface area contributed by atoms with E-state index in [1.54, 1.807) is 23.9 Å². The molecule has 0 saturated heterocycles. The number of rotatable bonds is 6. The fourth-order valence-corrected chi connectivity index (χ4v) is 9.02. The highest BCUT2D eigenvalue weighted by Gasteiger charge is 2.29. The summed E-state index contributed by atoms with van der Waals surface area (Å²) in [6, 6.07) is 15.0. The van der Waals surface area contributed by atoms with E-state index in [2.05, 4.69) is 30.9 Å². The van der Waals surface area contributed by atoms with Crippen molar-refractivity contribution in [3.8, 4) is 17.0 Å². The standard InChI is InChI=1S/C41H47ClFN5O4S2/c1-46-31-11-9-26-18-27-20-29(43)10-12-32(27)36(19-26)52-15-7-8-33-34-13-14-35(42)37(38-28(22-44-47(38)2)23-53-24-30(21-31)45-46)39(34)48(40(33)41(49)50-3)25-51-16-17-54(4,5)6/h10,12-14,18-22H,7-9,11,15-17,23-25H2,1-6H3. The SMILES string of the molecule is COC(=O)c1c2c3ccc(Cl)c(c3n1COCCS(C)(C)C)-c1c(cnn1C)CSCc1cc(n(C)n1)CCc1cc(c3ccc(F)cc3c1)OCCC2. The number of methoxy groups -OCH3 is 1. The molecular weight excluding hydrogens is 745 g/mol. The van der Waals surface area contributed by atoms with Crippen LogP contribution >= 0.6 is 33.4 Å². The highest BCUT2D eigenvalue weighted by Crippen LogP contribution is 2.42. The number of carbonyl (C=O) groups is 1. The number of halogens is 2. The van der Waals surface area contributed by atoms with Crippen LogP contribution < -0.4 is 4.74 Å². The van der Waals surface area contributed by atoms with Gasteiger partial charge in [-0.05, 0) is 97.4 Å². The zero-order chi connectivity index (χ0) is 38.1. The van der Waals surface area contributed by atoms with Crippen molar-refractivity contribution in [2.45, 2.75) is 43.9 Å².